The minimum Gasteiger partial charge on any atom is -0.496 e. The van der Waals surface area contributed by atoms with Crippen LogP contribution in [0.15, 0.2) is 30.5 Å². The molecule has 1 aromatic carbocycles. The predicted octanol–water partition coefficient (Wildman–Crippen LogP) is 5.53. The van der Waals surface area contributed by atoms with Gasteiger partial charge in [-0.1, -0.05) is 0 Å². The second-order valence-corrected chi connectivity index (χ2v) is 11.6. The Morgan fingerprint density at radius 3 is 2.41 bits per heavy atom. The molecular weight excluding hydrogens is 586 g/mol. The lowest BCUT2D eigenvalue weighted by molar-refractivity contribution is -0.149. The van der Waals surface area contributed by atoms with E-state index in [1.54, 1.807) is 6.92 Å². The van der Waals surface area contributed by atoms with E-state index in [-0.39, 0.29) is 52.6 Å². The highest BCUT2D eigenvalue weighted by Crippen LogP contribution is 2.49. The number of ether oxygens (including phenoxy) is 3. The Morgan fingerprint density at radius 2 is 1.73 bits per heavy atom. The normalized spacial score (nSPS) is 26.1. The second-order valence-electron chi connectivity index (χ2n) is 11.6. The van der Waals surface area contributed by atoms with Crippen molar-refractivity contribution in [2.75, 3.05) is 19.0 Å². The van der Waals surface area contributed by atoms with Gasteiger partial charge in [-0.3, -0.25) is 19.4 Å². The van der Waals surface area contributed by atoms with Crippen LogP contribution in [0.2, 0.25) is 0 Å². The zero-order valence-corrected chi connectivity index (χ0v) is 24.4. The van der Waals surface area contributed by atoms with Gasteiger partial charge < -0.3 is 24.8 Å². The van der Waals surface area contributed by atoms with Crippen LogP contribution in [0.3, 0.4) is 0 Å². The lowest BCUT2D eigenvalue weighted by Crippen LogP contribution is -2.48. The SMILES string of the molecule is CCOC(=O)[C@H]1CC[C@@H](Oc2cc(C(=O)N[C@@H]3[C@H]4CC[C@H](C4)[C@@H]3C(=O)Nc3ccnc(C(F)(F)F)c3)c(OC)cc2F)CC1. The van der Waals surface area contributed by atoms with Gasteiger partial charge in [0.2, 0.25) is 5.91 Å². The van der Waals surface area contributed by atoms with Crippen molar-refractivity contribution in [2.24, 2.45) is 23.7 Å². The molecule has 44 heavy (non-hydrogen) atoms. The number of benzene rings is 1. The Morgan fingerprint density at radius 1 is 1.00 bits per heavy atom. The Labute approximate surface area is 252 Å². The minimum absolute atomic E-state index is 0.000349. The lowest BCUT2D eigenvalue weighted by atomic mass is 9.83. The first-order valence-corrected chi connectivity index (χ1v) is 14.8. The summed E-state index contributed by atoms with van der Waals surface area (Å²) in [5.41, 5.74) is -1.14. The van der Waals surface area contributed by atoms with E-state index >= 15 is 4.39 Å². The maximum Gasteiger partial charge on any atom is 0.433 e. The van der Waals surface area contributed by atoms with Crippen LogP contribution in [0, 0.1) is 29.5 Å². The van der Waals surface area contributed by atoms with Crippen LogP contribution in [0.5, 0.6) is 11.5 Å². The van der Waals surface area contributed by atoms with Crippen LogP contribution in [-0.4, -0.2) is 48.6 Å². The Balaban J connectivity index is 1.29. The third kappa shape index (κ3) is 6.76. The van der Waals surface area contributed by atoms with Crippen molar-refractivity contribution in [2.45, 2.75) is 70.2 Å². The van der Waals surface area contributed by atoms with E-state index < -0.39 is 41.5 Å². The summed E-state index contributed by atoms with van der Waals surface area (Å²) < 4.78 is 70.7. The molecule has 0 aliphatic heterocycles. The number of alkyl halides is 3. The molecule has 3 aliphatic carbocycles. The van der Waals surface area contributed by atoms with Gasteiger partial charge in [-0.2, -0.15) is 13.2 Å². The molecule has 3 aliphatic rings. The monoisotopic (exact) mass is 621 g/mol. The number of esters is 1. The number of carbonyl (C=O) groups is 3. The summed E-state index contributed by atoms with van der Waals surface area (Å²) in [6.45, 7) is 2.05. The summed E-state index contributed by atoms with van der Waals surface area (Å²) in [6, 6.07) is 3.82. The summed E-state index contributed by atoms with van der Waals surface area (Å²) >= 11 is 0. The highest BCUT2D eigenvalue weighted by Gasteiger charge is 2.51. The molecule has 0 unspecified atom stereocenters. The molecular formula is C31H35F4N3O6. The number of rotatable bonds is 9. The number of methoxy groups -OCH3 is 1. The molecule has 0 radical (unpaired) electrons. The third-order valence-electron chi connectivity index (χ3n) is 8.92. The molecule has 3 fully saturated rings. The maximum atomic E-state index is 15.0. The number of fused-ring (bicyclic) bond motifs is 2. The van der Waals surface area contributed by atoms with Crippen LogP contribution >= 0.6 is 0 Å². The number of aromatic nitrogens is 1. The van der Waals surface area contributed by atoms with Crippen molar-refractivity contribution in [3.8, 4) is 11.5 Å². The number of hydrogen-bond donors (Lipinski definition) is 2. The molecule has 9 nitrogen and oxygen atoms in total. The summed E-state index contributed by atoms with van der Waals surface area (Å²) in [6.07, 6.45) is 0.305. The van der Waals surface area contributed by atoms with Gasteiger partial charge in [-0.25, -0.2) is 4.39 Å². The van der Waals surface area contributed by atoms with E-state index in [0.29, 0.717) is 38.7 Å². The Hall–Kier alpha value is -3.90. The van der Waals surface area contributed by atoms with Crippen LogP contribution in [-0.2, 0) is 20.5 Å². The third-order valence-corrected chi connectivity index (χ3v) is 8.92. The molecule has 2 amide bonds. The molecule has 2 aromatic rings. The van der Waals surface area contributed by atoms with Gasteiger partial charge >= 0.3 is 12.1 Å². The fourth-order valence-electron chi connectivity index (χ4n) is 6.82. The lowest BCUT2D eigenvalue weighted by Gasteiger charge is -2.31. The highest BCUT2D eigenvalue weighted by atomic mass is 19.4. The number of pyridine rings is 1. The van der Waals surface area contributed by atoms with Crippen LogP contribution < -0.4 is 20.1 Å². The van der Waals surface area contributed by atoms with Crippen molar-refractivity contribution >= 4 is 23.5 Å². The summed E-state index contributed by atoms with van der Waals surface area (Å²) in [7, 11) is 1.31. The van der Waals surface area contributed by atoms with Gasteiger partial charge in [-0.15, -0.1) is 0 Å². The summed E-state index contributed by atoms with van der Waals surface area (Å²) in [5, 5.41) is 5.51. The van der Waals surface area contributed by atoms with Crippen LogP contribution in [0.1, 0.15) is 67.9 Å². The maximum absolute atomic E-state index is 15.0. The molecule has 0 spiro atoms. The molecule has 2 N–H and O–H groups in total. The van der Waals surface area contributed by atoms with Gasteiger partial charge in [0.15, 0.2) is 11.6 Å². The Kier molecular flexibility index (Phi) is 9.31. The molecule has 1 heterocycles. The number of nitrogens with one attached hydrogen (secondary N) is 2. The van der Waals surface area contributed by atoms with E-state index in [1.807, 2.05) is 0 Å². The van der Waals surface area contributed by atoms with Crippen molar-refractivity contribution in [3.05, 3.63) is 47.5 Å². The van der Waals surface area contributed by atoms with Gasteiger partial charge in [0, 0.05) is 24.0 Å². The fraction of sp³-hybridized carbons (Fsp3) is 0.548. The average molecular weight is 622 g/mol. The fourth-order valence-corrected chi connectivity index (χ4v) is 6.82. The van der Waals surface area contributed by atoms with Crippen molar-refractivity contribution < 1.29 is 46.2 Å². The summed E-state index contributed by atoms with van der Waals surface area (Å²) in [4.78, 5) is 42.3. The smallest absolute Gasteiger partial charge is 0.433 e. The van der Waals surface area contributed by atoms with Crippen LogP contribution in [0.25, 0.3) is 0 Å². The van der Waals surface area contributed by atoms with Crippen molar-refractivity contribution in [1.29, 1.82) is 0 Å². The quantitative estimate of drug-likeness (QED) is 0.279. The molecule has 238 valence electrons. The first kappa shape index (κ1) is 31.5. The number of carbonyl (C=O) groups excluding carboxylic acids is 3. The zero-order chi connectivity index (χ0) is 31.6. The van der Waals surface area contributed by atoms with Gasteiger partial charge in [0.1, 0.15) is 11.4 Å². The first-order chi connectivity index (χ1) is 21.0. The molecule has 3 saturated carbocycles. The zero-order valence-electron chi connectivity index (χ0n) is 24.4. The molecule has 2 bridgehead atoms. The number of halogens is 4. The first-order valence-electron chi connectivity index (χ1n) is 14.8. The average Bonchev–Trinajstić information content (AvgIpc) is 3.60. The molecule has 0 saturated heterocycles. The van der Waals surface area contributed by atoms with Gasteiger partial charge in [-0.05, 0) is 81.9 Å². The summed E-state index contributed by atoms with van der Waals surface area (Å²) in [5.74, 6) is -3.13. The van der Waals surface area contributed by atoms with E-state index in [4.69, 9.17) is 14.2 Å². The molecule has 5 rings (SSSR count). The Bertz CT molecular complexity index is 1390. The van der Waals surface area contributed by atoms with E-state index in [1.165, 1.54) is 19.2 Å². The minimum atomic E-state index is -4.66. The predicted molar refractivity (Wildman–Crippen MR) is 149 cm³/mol. The molecule has 13 heteroatoms. The van der Waals surface area contributed by atoms with Gasteiger partial charge in [0.05, 0.1) is 37.2 Å². The van der Waals surface area contributed by atoms with Crippen molar-refractivity contribution in [3.63, 3.8) is 0 Å². The topological polar surface area (TPSA) is 116 Å². The number of nitrogens with zero attached hydrogens (tertiary/aromatic N) is 1. The van der Waals surface area contributed by atoms with E-state index in [9.17, 15) is 27.6 Å². The molecule has 1 aromatic heterocycles. The number of amides is 2. The highest BCUT2D eigenvalue weighted by molar-refractivity contribution is 5.99. The van der Waals surface area contributed by atoms with Gasteiger partial charge in [0.25, 0.3) is 5.91 Å². The van der Waals surface area contributed by atoms with E-state index in [0.717, 1.165) is 31.2 Å². The number of hydrogen-bond acceptors (Lipinski definition) is 7. The number of anilines is 1. The van der Waals surface area contributed by atoms with E-state index in [2.05, 4.69) is 15.6 Å². The standard InChI is InChI=1S/C31H35F4N3O6/c1-3-43-30(41)16-6-8-20(9-7-16)44-24-14-21(23(42-2)15-22(24)32)28(39)38-27-18-5-4-17(12-18)26(27)29(40)37-19-10-11-36-25(13-19)31(33,34)35/h10-11,13-18,20,26-27H,3-9,12H2,1-2H3,(H,38,39)(H,36,37,40)/t16-,17-,18+,20+,26+,27-/m1/s1. The second kappa shape index (κ2) is 13.0. The van der Waals surface area contributed by atoms with Crippen LogP contribution in [0.4, 0.5) is 23.2 Å². The van der Waals surface area contributed by atoms with Crippen molar-refractivity contribution in [1.82, 2.24) is 10.3 Å². The molecule has 4 atom stereocenters. The largest absolute Gasteiger partial charge is 0.496 e.